The summed E-state index contributed by atoms with van der Waals surface area (Å²) >= 11 is 0. The third-order valence-corrected chi connectivity index (χ3v) is 6.67. The Kier molecular flexibility index (Phi) is 4.95. The standard InChI is InChI=1S/C24H27N3O3/c1-2-30-21-9-4-3-7-18(21)23(28)25-19-8-5-6-17-14-27(24(29)22(17)19)20-15-26-12-10-16(20)11-13-26/h3-9,16,20H,2,10-15H2,1H3,(H,25,28). The van der Waals surface area contributed by atoms with Crippen LogP contribution in [0.1, 0.15) is 46.0 Å². The van der Waals surface area contributed by atoms with Crippen molar-refractivity contribution in [3.05, 3.63) is 59.2 Å². The molecule has 4 aliphatic heterocycles. The van der Waals surface area contributed by atoms with Gasteiger partial charge in [0.15, 0.2) is 0 Å². The summed E-state index contributed by atoms with van der Waals surface area (Å²) in [6.07, 6.45) is 2.34. The van der Waals surface area contributed by atoms with Gasteiger partial charge in [0.2, 0.25) is 0 Å². The number of hydrogen-bond donors (Lipinski definition) is 1. The number of amides is 2. The van der Waals surface area contributed by atoms with Gasteiger partial charge in [-0.2, -0.15) is 0 Å². The number of piperidine rings is 3. The zero-order chi connectivity index (χ0) is 20.7. The number of rotatable bonds is 5. The summed E-state index contributed by atoms with van der Waals surface area (Å²) < 4.78 is 5.59. The molecule has 4 aliphatic rings. The number of benzene rings is 2. The van der Waals surface area contributed by atoms with Crippen molar-refractivity contribution in [1.82, 2.24) is 9.80 Å². The molecule has 6 heteroatoms. The maximum Gasteiger partial charge on any atom is 0.259 e. The molecule has 2 aromatic rings. The number of fused-ring (bicyclic) bond motifs is 4. The molecule has 6 nitrogen and oxygen atoms in total. The lowest BCUT2D eigenvalue weighted by molar-refractivity contribution is 0.00849. The first kappa shape index (κ1) is 19.1. The molecule has 156 valence electrons. The van der Waals surface area contributed by atoms with Crippen molar-refractivity contribution in [2.45, 2.75) is 32.4 Å². The number of nitrogens with one attached hydrogen (secondary N) is 1. The fraction of sp³-hybridized carbons (Fsp3) is 0.417. The van der Waals surface area contributed by atoms with Crippen LogP contribution in [0, 0.1) is 5.92 Å². The van der Waals surface area contributed by atoms with Gasteiger partial charge >= 0.3 is 0 Å². The fourth-order valence-corrected chi connectivity index (χ4v) is 5.17. The van der Waals surface area contributed by atoms with E-state index in [0.717, 1.165) is 25.2 Å². The second-order valence-corrected chi connectivity index (χ2v) is 8.36. The zero-order valence-corrected chi connectivity index (χ0v) is 17.3. The van der Waals surface area contributed by atoms with E-state index in [1.54, 1.807) is 12.1 Å². The van der Waals surface area contributed by atoms with Gasteiger partial charge in [-0.3, -0.25) is 9.59 Å². The zero-order valence-electron chi connectivity index (χ0n) is 17.3. The minimum atomic E-state index is -0.262. The predicted octanol–water partition coefficient (Wildman–Crippen LogP) is 3.39. The van der Waals surface area contributed by atoms with Crippen LogP contribution in [0.4, 0.5) is 5.69 Å². The summed E-state index contributed by atoms with van der Waals surface area (Å²) in [6.45, 7) is 6.27. The first-order chi connectivity index (χ1) is 14.7. The highest BCUT2D eigenvalue weighted by molar-refractivity contribution is 6.11. The van der Waals surface area contributed by atoms with Crippen molar-refractivity contribution >= 4 is 17.5 Å². The minimum Gasteiger partial charge on any atom is -0.493 e. The smallest absolute Gasteiger partial charge is 0.259 e. The van der Waals surface area contributed by atoms with Crippen LogP contribution in [0.15, 0.2) is 42.5 Å². The summed E-state index contributed by atoms with van der Waals surface area (Å²) in [7, 11) is 0. The van der Waals surface area contributed by atoms with Gasteiger partial charge in [-0.05, 0) is 62.5 Å². The van der Waals surface area contributed by atoms with Crippen LogP contribution in [0.25, 0.3) is 0 Å². The SMILES string of the molecule is CCOc1ccccc1C(=O)Nc1cccc2c1C(=O)N(C1CN3CCC1CC3)C2. The van der Waals surface area contributed by atoms with E-state index in [2.05, 4.69) is 10.2 Å². The van der Waals surface area contributed by atoms with Crippen molar-refractivity contribution in [2.24, 2.45) is 5.92 Å². The molecule has 0 saturated carbocycles. The van der Waals surface area contributed by atoms with Crippen LogP contribution < -0.4 is 10.1 Å². The first-order valence-electron chi connectivity index (χ1n) is 10.8. The van der Waals surface area contributed by atoms with Gasteiger partial charge in [-0.1, -0.05) is 24.3 Å². The Labute approximate surface area is 176 Å². The molecule has 6 rings (SSSR count). The van der Waals surface area contributed by atoms with Gasteiger partial charge in [-0.25, -0.2) is 0 Å². The molecule has 2 amide bonds. The number of hydrogen-bond acceptors (Lipinski definition) is 4. The second-order valence-electron chi connectivity index (χ2n) is 8.36. The summed E-state index contributed by atoms with van der Waals surface area (Å²) in [6, 6.07) is 13.2. The Morgan fingerprint density at radius 2 is 1.93 bits per heavy atom. The van der Waals surface area contributed by atoms with Crippen LogP contribution in [0.5, 0.6) is 5.75 Å². The highest BCUT2D eigenvalue weighted by Crippen LogP contribution is 2.37. The number of ether oxygens (including phenoxy) is 1. The van der Waals surface area contributed by atoms with Gasteiger partial charge < -0.3 is 19.9 Å². The van der Waals surface area contributed by atoms with E-state index >= 15 is 0 Å². The summed E-state index contributed by atoms with van der Waals surface area (Å²) in [4.78, 5) is 30.9. The van der Waals surface area contributed by atoms with Crippen molar-refractivity contribution in [1.29, 1.82) is 0 Å². The minimum absolute atomic E-state index is 0.0396. The molecule has 0 aromatic heterocycles. The lowest BCUT2D eigenvalue weighted by Crippen LogP contribution is -2.57. The van der Waals surface area contributed by atoms with Gasteiger partial charge in [0.1, 0.15) is 5.75 Å². The molecule has 1 atom stereocenters. The first-order valence-corrected chi connectivity index (χ1v) is 10.8. The molecule has 4 heterocycles. The van der Waals surface area contributed by atoms with Crippen LogP contribution in [0.2, 0.25) is 0 Å². The molecule has 0 radical (unpaired) electrons. The average Bonchev–Trinajstić information content (AvgIpc) is 3.12. The van der Waals surface area contributed by atoms with Gasteiger partial charge in [-0.15, -0.1) is 0 Å². The Balaban J connectivity index is 1.40. The van der Waals surface area contributed by atoms with Crippen LogP contribution in [-0.4, -0.2) is 53.9 Å². The highest BCUT2D eigenvalue weighted by Gasteiger charge is 2.43. The molecule has 2 aromatic carbocycles. The molecule has 3 saturated heterocycles. The molecular formula is C24H27N3O3. The van der Waals surface area contributed by atoms with Crippen LogP contribution >= 0.6 is 0 Å². The van der Waals surface area contributed by atoms with Crippen molar-refractivity contribution < 1.29 is 14.3 Å². The van der Waals surface area contributed by atoms with Crippen LogP contribution in [0.3, 0.4) is 0 Å². The van der Waals surface area contributed by atoms with E-state index in [9.17, 15) is 9.59 Å². The van der Waals surface area contributed by atoms with Gasteiger partial charge in [0.25, 0.3) is 11.8 Å². The fourth-order valence-electron chi connectivity index (χ4n) is 5.17. The largest absolute Gasteiger partial charge is 0.493 e. The van der Waals surface area contributed by atoms with E-state index in [4.69, 9.17) is 4.74 Å². The average molecular weight is 405 g/mol. The van der Waals surface area contributed by atoms with Gasteiger partial charge in [0, 0.05) is 19.1 Å². The molecular weight excluding hydrogens is 378 g/mol. The van der Waals surface area contributed by atoms with Crippen molar-refractivity contribution in [3.63, 3.8) is 0 Å². The molecule has 3 fully saturated rings. The molecule has 1 N–H and O–H groups in total. The number of nitrogens with zero attached hydrogens (tertiary/aromatic N) is 2. The number of anilines is 1. The van der Waals surface area contributed by atoms with Crippen LogP contribution in [-0.2, 0) is 6.54 Å². The lowest BCUT2D eigenvalue weighted by atomic mass is 9.83. The summed E-state index contributed by atoms with van der Waals surface area (Å²) in [5, 5.41) is 2.97. The molecule has 1 unspecified atom stereocenters. The highest BCUT2D eigenvalue weighted by atomic mass is 16.5. The Bertz CT molecular complexity index is 981. The maximum atomic E-state index is 13.4. The van der Waals surface area contributed by atoms with Crippen molar-refractivity contribution in [2.75, 3.05) is 31.6 Å². The topological polar surface area (TPSA) is 61.9 Å². The Morgan fingerprint density at radius 1 is 1.13 bits per heavy atom. The lowest BCUT2D eigenvalue weighted by Gasteiger charge is -2.48. The Morgan fingerprint density at radius 3 is 2.67 bits per heavy atom. The monoisotopic (exact) mass is 405 g/mol. The third kappa shape index (κ3) is 3.25. The Hall–Kier alpha value is -2.86. The quantitative estimate of drug-likeness (QED) is 0.828. The summed E-state index contributed by atoms with van der Waals surface area (Å²) in [5.74, 6) is 0.911. The van der Waals surface area contributed by atoms with Gasteiger partial charge in [0.05, 0.1) is 23.4 Å². The van der Waals surface area contributed by atoms with E-state index < -0.39 is 0 Å². The molecule has 30 heavy (non-hydrogen) atoms. The molecule has 0 spiro atoms. The second kappa shape index (κ2) is 7.76. The van der Waals surface area contributed by atoms with Crippen molar-refractivity contribution in [3.8, 4) is 5.75 Å². The number of carbonyl (C=O) groups excluding carboxylic acids is 2. The van der Waals surface area contributed by atoms with E-state index in [1.165, 1.54) is 12.8 Å². The van der Waals surface area contributed by atoms with E-state index in [1.807, 2.05) is 42.2 Å². The maximum absolute atomic E-state index is 13.4. The van der Waals surface area contributed by atoms with E-state index in [0.29, 0.717) is 41.6 Å². The number of carbonyl (C=O) groups is 2. The predicted molar refractivity (Wildman–Crippen MR) is 115 cm³/mol. The van der Waals surface area contributed by atoms with E-state index in [-0.39, 0.29) is 17.9 Å². The molecule has 2 bridgehead atoms. The summed E-state index contributed by atoms with van der Waals surface area (Å²) in [5.41, 5.74) is 2.68. The normalized spacial score (nSPS) is 24.6. The third-order valence-electron chi connectivity index (χ3n) is 6.67. The number of para-hydroxylation sites is 1. The molecule has 0 aliphatic carbocycles.